The number of hydrogen-bond donors (Lipinski definition) is 1. The average Bonchev–Trinajstić information content (AvgIpc) is 2.41. The van der Waals surface area contributed by atoms with Crippen LogP contribution in [0.15, 0.2) is 53.0 Å². The molecule has 3 heteroatoms. The maximum absolute atomic E-state index is 5.63. The van der Waals surface area contributed by atoms with E-state index in [0.29, 0.717) is 13.2 Å². The summed E-state index contributed by atoms with van der Waals surface area (Å²) in [5.74, 6) is 0. The first kappa shape index (κ1) is 14.1. The summed E-state index contributed by atoms with van der Waals surface area (Å²) in [6, 6.07) is 16.6. The monoisotopic (exact) mass is 319 g/mol. The largest absolute Gasteiger partial charge is 0.383 e. The van der Waals surface area contributed by atoms with Crippen LogP contribution < -0.4 is 5.32 Å². The topological polar surface area (TPSA) is 21.3 Å². The quantitative estimate of drug-likeness (QED) is 0.797. The van der Waals surface area contributed by atoms with Gasteiger partial charge in [-0.3, -0.25) is 0 Å². The van der Waals surface area contributed by atoms with Crippen molar-refractivity contribution in [1.82, 2.24) is 0 Å². The summed E-state index contributed by atoms with van der Waals surface area (Å²) in [6.07, 6.45) is 0. The highest BCUT2D eigenvalue weighted by atomic mass is 79.9. The van der Waals surface area contributed by atoms with Crippen LogP contribution in [-0.4, -0.2) is 13.2 Å². The Morgan fingerprint density at radius 3 is 2.63 bits per heavy atom. The number of ether oxygens (including phenoxy) is 1. The molecule has 0 aliphatic carbocycles. The molecule has 1 N–H and O–H groups in total. The standard InChI is InChI=1S/C16H18BrNO/c1-13-3-2-4-16(11-13)18-9-10-19-12-14-5-7-15(17)8-6-14/h2-8,11,18H,9-10,12H2,1H3. The van der Waals surface area contributed by atoms with Gasteiger partial charge in [0.25, 0.3) is 0 Å². The van der Waals surface area contributed by atoms with Crippen LogP contribution in [0, 0.1) is 6.92 Å². The molecule has 0 bridgehead atoms. The van der Waals surface area contributed by atoms with E-state index in [2.05, 4.69) is 64.6 Å². The van der Waals surface area contributed by atoms with Crippen molar-refractivity contribution in [2.24, 2.45) is 0 Å². The van der Waals surface area contributed by atoms with Gasteiger partial charge >= 0.3 is 0 Å². The van der Waals surface area contributed by atoms with Crippen molar-refractivity contribution in [1.29, 1.82) is 0 Å². The van der Waals surface area contributed by atoms with E-state index in [-0.39, 0.29) is 0 Å². The van der Waals surface area contributed by atoms with Crippen LogP contribution in [0.25, 0.3) is 0 Å². The fraction of sp³-hybridized carbons (Fsp3) is 0.250. The van der Waals surface area contributed by atoms with Gasteiger partial charge < -0.3 is 10.1 Å². The maximum atomic E-state index is 5.63. The second kappa shape index (κ2) is 7.31. The van der Waals surface area contributed by atoms with Crippen LogP contribution in [0.2, 0.25) is 0 Å². The van der Waals surface area contributed by atoms with Gasteiger partial charge in [0.15, 0.2) is 0 Å². The molecule has 2 rings (SSSR count). The van der Waals surface area contributed by atoms with Crippen molar-refractivity contribution in [2.45, 2.75) is 13.5 Å². The normalized spacial score (nSPS) is 10.4. The second-order valence-electron chi connectivity index (χ2n) is 4.48. The minimum Gasteiger partial charge on any atom is -0.383 e. The number of halogens is 1. The van der Waals surface area contributed by atoms with E-state index in [1.165, 1.54) is 11.1 Å². The van der Waals surface area contributed by atoms with E-state index < -0.39 is 0 Å². The third-order valence-electron chi connectivity index (χ3n) is 2.78. The van der Waals surface area contributed by atoms with Gasteiger partial charge in [0.2, 0.25) is 0 Å². The summed E-state index contributed by atoms with van der Waals surface area (Å²) in [6.45, 7) is 4.27. The molecule has 0 radical (unpaired) electrons. The summed E-state index contributed by atoms with van der Waals surface area (Å²) in [5.41, 5.74) is 3.60. The molecular weight excluding hydrogens is 302 g/mol. The fourth-order valence-corrected chi connectivity index (χ4v) is 2.06. The minimum absolute atomic E-state index is 0.656. The zero-order valence-corrected chi connectivity index (χ0v) is 12.6. The third-order valence-corrected chi connectivity index (χ3v) is 3.30. The molecule has 0 saturated heterocycles. The molecule has 0 heterocycles. The molecule has 2 aromatic carbocycles. The molecule has 19 heavy (non-hydrogen) atoms. The SMILES string of the molecule is Cc1cccc(NCCOCc2ccc(Br)cc2)c1. The van der Waals surface area contributed by atoms with Crippen molar-refractivity contribution in [3.05, 3.63) is 64.1 Å². The van der Waals surface area contributed by atoms with Crippen molar-refractivity contribution >= 4 is 21.6 Å². The number of benzene rings is 2. The van der Waals surface area contributed by atoms with Crippen molar-refractivity contribution in [3.63, 3.8) is 0 Å². The molecule has 2 aromatic rings. The van der Waals surface area contributed by atoms with Gasteiger partial charge in [0, 0.05) is 16.7 Å². The van der Waals surface area contributed by atoms with Gasteiger partial charge in [-0.25, -0.2) is 0 Å². The van der Waals surface area contributed by atoms with E-state index in [1.807, 2.05) is 12.1 Å². The molecule has 0 atom stereocenters. The summed E-state index contributed by atoms with van der Waals surface area (Å²) >= 11 is 3.42. The van der Waals surface area contributed by atoms with Crippen LogP contribution in [0.1, 0.15) is 11.1 Å². The van der Waals surface area contributed by atoms with Crippen molar-refractivity contribution < 1.29 is 4.74 Å². The maximum Gasteiger partial charge on any atom is 0.0717 e. The van der Waals surface area contributed by atoms with E-state index in [1.54, 1.807) is 0 Å². The van der Waals surface area contributed by atoms with Crippen LogP contribution >= 0.6 is 15.9 Å². The van der Waals surface area contributed by atoms with Gasteiger partial charge in [-0.05, 0) is 42.3 Å². The van der Waals surface area contributed by atoms with Gasteiger partial charge in [-0.2, -0.15) is 0 Å². The van der Waals surface area contributed by atoms with E-state index in [9.17, 15) is 0 Å². The Labute approximate surface area is 122 Å². The number of anilines is 1. The first-order chi connectivity index (χ1) is 9.24. The highest BCUT2D eigenvalue weighted by Gasteiger charge is 1.95. The molecule has 0 aromatic heterocycles. The van der Waals surface area contributed by atoms with Crippen LogP contribution in [-0.2, 0) is 11.3 Å². The summed E-state index contributed by atoms with van der Waals surface area (Å²) < 4.78 is 6.73. The molecular formula is C16H18BrNO. The lowest BCUT2D eigenvalue weighted by Gasteiger charge is -2.08. The lowest BCUT2D eigenvalue weighted by Crippen LogP contribution is -2.09. The van der Waals surface area contributed by atoms with E-state index in [4.69, 9.17) is 4.74 Å². The van der Waals surface area contributed by atoms with Crippen LogP contribution in [0.5, 0.6) is 0 Å². The number of rotatable bonds is 6. The van der Waals surface area contributed by atoms with Gasteiger partial charge in [-0.15, -0.1) is 0 Å². The lowest BCUT2D eigenvalue weighted by molar-refractivity contribution is 0.130. The van der Waals surface area contributed by atoms with Gasteiger partial charge in [-0.1, -0.05) is 40.2 Å². The molecule has 0 spiro atoms. The molecule has 2 nitrogen and oxygen atoms in total. The zero-order chi connectivity index (χ0) is 13.5. The van der Waals surface area contributed by atoms with Crippen LogP contribution in [0.4, 0.5) is 5.69 Å². The molecule has 0 saturated carbocycles. The Hall–Kier alpha value is -1.32. The smallest absolute Gasteiger partial charge is 0.0717 e. The minimum atomic E-state index is 0.656. The second-order valence-corrected chi connectivity index (χ2v) is 5.39. The molecule has 0 amide bonds. The number of aryl methyl sites for hydroxylation is 1. The predicted molar refractivity (Wildman–Crippen MR) is 83.5 cm³/mol. The van der Waals surface area contributed by atoms with Crippen molar-refractivity contribution in [3.8, 4) is 0 Å². The molecule has 0 fully saturated rings. The first-order valence-electron chi connectivity index (χ1n) is 6.37. The molecule has 0 unspecified atom stereocenters. The fourth-order valence-electron chi connectivity index (χ4n) is 1.79. The first-order valence-corrected chi connectivity index (χ1v) is 7.16. The highest BCUT2D eigenvalue weighted by molar-refractivity contribution is 9.10. The zero-order valence-electron chi connectivity index (χ0n) is 11.0. The Morgan fingerprint density at radius 2 is 1.89 bits per heavy atom. The number of hydrogen-bond acceptors (Lipinski definition) is 2. The molecule has 0 aliphatic heterocycles. The Balaban J connectivity index is 1.66. The van der Waals surface area contributed by atoms with E-state index >= 15 is 0 Å². The Morgan fingerprint density at radius 1 is 1.11 bits per heavy atom. The van der Waals surface area contributed by atoms with E-state index in [0.717, 1.165) is 16.7 Å². The predicted octanol–water partition coefficient (Wildman–Crippen LogP) is 4.39. The van der Waals surface area contributed by atoms with Gasteiger partial charge in [0.1, 0.15) is 0 Å². The summed E-state index contributed by atoms with van der Waals surface area (Å²) in [4.78, 5) is 0. The van der Waals surface area contributed by atoms with Gasteiger partial charge in [0.05, 0.1) is 13.2 Å². The van der Waals surface area contributed by atoms with Crippen LogP contribution in [0.3, 0.4) is 0 Å². The number of nitrogens with one attached hydrogen (secondary N) is 1. The Bertz CT molecular complexity index is 510. The lowest BCUT2D eigenvalue weighted by atomic mass is 10.2. The molecule has 100 valence electrons. The summed E-state index contributed by atoms with van der Waals surface area (Å²) in [5, 5.41) is 3.35. The van der Waals surface area contributed by atoms with Crippen molar-refractivity contribution in [2.75, 3.05) is 18.5 Å². The Kier molecular flexibility index (Phi) is 5.43. The highest BCUT2D eigenvalue weighted by Crippen LogP contribution is 2.11. The summed E-state index contributed by atoms with van der Waals surface area (Å²) in [7, 11) is 0. The molecule has 0 aliphatic rings. The third kappa shape index (κ3) is 5.05. The average molecular weight is 320 g/mol.